The number of hydrogen-bond acceptors (Lipinski definition) is 4. The van der Waals surface area contributed by atoms with Gasteiger partial charge in [-0.3, -0.25) is 4.90 Å². The number of carbonyl (C=O) groups excluding carboxylic acids is 1. The molecule has 1 aliphatic heterocycles. The molecule has 0 aromatic heterocycles. The van der Waals surface area contributed by atoms with Gasteiger partial charge in [0.2, 0.25) is 0 Å². The maximum absolute atomic E-state index is 13.9. The van der Waals surface area contributed by atoms with Crippen molar-refractivity contribution >= 4 is 35.1 Å². The monoisotopic (exact) mass is 304 g/mol. The highest BCUT2D eigenvalue weighted by atomic mass is 35.5. The fraction of sp³-hybridized carbons (Fsp3) is 0.417. The Labute approximate surface area is 120 Å². The maximum Gasteiger partial charge on any atom is 0.414 e. The fourth-order valence-electron chi connectivity index (χ4n) is 1.78. The third-order valence-electron chi connectivity index (χ3n) is 2.70. The summed E-state index contributed by atoms with van der Waals surface area (Å²) in [5, 5.41) is 0. The van der Waals surface area contributed by atoms with Gasteiger partial charge in [-0.1, -0.05) is 0 Å². The molecular formula is C12H14ClFN2O2S. The summed E-state index contributed by atoms with van der Waals surface area (Å²) >= 11 is 6.91. The number of cyclic esters (lactones) is 1. The van der Waals surface area contributed by atoms with Crippen LogP contribution in [0.25, 0.3) is 0 Å². The first kappa shape index (κ1) is 14.4. The summed E-state index contributed by atoms with van der Waals surface area (Å²) in [4.78, 5) is 13.5. The summed E-state index contributed by atoms with van der Waals surface area (Å²) in [6, 6.07) is 4.67. The predicted molar refractivity (Wildman–Crippen MR) is 74.5 cm³/mol. The van der Waals surface area contributed by atoms with E-state index in [-0.39, 0.29) is 18.5 Å². The van der Waals surface area contributed by atoms with E-state index in [1.54, 1.807) is 12.1 Å². The summed E-state index contributed by atoms with van der Waals surface area (Å²) in [5.74, 6) is 0.734. The quantitative estimate of drug-likeness (QED) is 0.670. The third-order valence-corrected chi connectivity index (χ3v) is 4.16. The minimum atomic E-state index is -0.490. The molecular weight excluding hydrogens is 291 g/mol. The minimum Gasteiger partial charge on any atom is -0.443 e. The van der Waals surface area contributed by atoms with Crippen molar-refractivity contribution in [3.05, 3.63) is 24.0 Å². The van der Waals surface area contributed by atoms with Crippen LogP contribution in [0.2, 0.25) is 0 Å². The molecule has 0 unspecified atom stereocenters. The fourth-order valence-corrected chi connectivity index (χ4v) is 2.67. The van der Waals surface area contributed by atoms with E-state index in [1.807, 2.05) is 0 Å². The van der Waals surface area contributed by atoms with E-state index < -0.39 is 6.09 Å². The van der Waals surface area contributed by atoms with Gasteiger partial charge in [0.25, 0.3) is 0 Å². The number of thioether (sulfide) groups is 1. The van der Waals surface area contributed by atoms with E-state index in [2.05, 4.69) is 0 Å². The lowest BCUT2D eigenvalue weighted by molar-refractivity contribution is 0.145. The van der Waals surface area contributed by atoms with Gasteiger partial charge in [-0.05, 0) is 18.2 Å². The Morgan fingerprint density at radius 1 is 1.58 bits per heavy atom. The zero-order valence-corrected chi connectivity index (χ0v) is 11.7. The van der Waals surface area contributed by atoms with E-state index in [0.717, 1.165) is 0 Å². The first-order valence-electron chi connectivity index (χ1n) is 5.82. The van der Waals surface area contributed by atoms with Gasteiger partial charge in [0.15, 0.2) is 0 Å². The van der Waals surface area contributed by atoms with Crippen molar-refractivity contribution < 1.29 is 13.9 Å². The van der Waals surface area contributed by atoms with Gasteiger partial charge in [-0.2, -0.15) is 0 Å². The smallest absolute Gasteiger partial charge is 0.414 e. The number of hydrogen-bond donors (Lipinski definition) is 1. The van der Waals surface area contributed by atoms with Gasteiger partial charge in [0.05, 0.1) is 12.2 Å². The van der Waals surface area contributed by atoms with Crippen molar-refractivity contribution in [2.75, 3.05) is 29.6 Å². The Bertz CT molecular complexity index is 475. The first-order chi connectivity index (χ1) is 9.15. The van der Waals surface area contributed by atoms with Crippen LogP contribution in [0.4, 0.5) is 14.9 Å². The molecule has 1 aromatic rings. The Morgan fingerprint density at radius 2 is 2.37 bits per heavy atom. The van der Waals surface area contributed by atoms with E-state index >= 15 is 0 Å². The highest BCUT2D eigenvalue weighted by Gasteiger charge is 2.31. The highest BCUT2D eigenvalue weighted by Crippen LogP contribution is 2.28. The van der Waals surface area contributed by atoms with Gasteiger partial charge in [-0.15, -0.1) is 23.4 Å². The Balaban J connectivity index is 2.13. The lowest BCUT2D eigenvalue weighted by atomic mass is 10.2. The second kappa shape index (κ2) is 6.45. The lowest BCUT2D eigenvalue weighted by Crippen LogP contribution is -2.27. The number of alkyl halides is 1. The van der Waals surface area contributed by atoms with E-state index in [0.29, 0.717) is 28.8 Å². The molecule has 19 heavy (non-hydrogen) atoms. The third kappa shape index (κ3) is 3.32. The number of rotatable bonds is 5. The summed E-state index contributed by atoms with van der Waals surface area (Å²) in [6.45, 7) is 0.608. The summed E-state index contributed by atoms with van der Waals surface area (Å²) in [5.41, 5.74) is 5.93. The molecule has 7 heteroatoms. The summed E-state index contributed by atoms with van der Waals surface area (Å²) in [7, 11) is 0. The van der Waals surface area contributed by atoms with Crippen LogP contribution in [0.5, 0.6) is 0 Å². The van der Waals surface area contributed by atoms with Crippen molar-refractivity contribution in [2.45, 2.75) is 11.0 Å². The number of carbonyl (C=O) groups is 1. The zero-order valence-electron chi connectivity index (χ0n) is 10.1. The molecule has 0 saturated carbocycles. The predicted octanol–water partition coefficient (Wildman–Crippen LogP) is 2.44. The molecule has 104 valence electrons. The number of halogens is 2. The van der Waals surface area contributed by atoms with E-state index in [9.17, 15) is 9.18 Å². The van der Waals surface area contributed by atoms with Crippen LogP contribution in [0.1, 0.15) is 0 Å². The largest absolute Gasteiger partial charge is 0.443 e. The summed E-state index contributed by atoms with van der Waals surface area (Å²) in [6.07, 6.45) is -0.822. The zero-order chi connectivity index (χ0) is 13.8. The molecule has 1 aromatic carbocycles. The van der Waals surface area contributed by atoms with Crippen LogP contribution in [-0.4, -0.2) is 36.9 Å². The first-order valence-corrected chi connectivity index (χ1v) is 7.34. The molecule has 1 atom stereocenters. The molecule has 1 heterocycles. The van der Waals surface area contributed by atoms with Crippen LogP contribution < -0.4 is 10.6 Å². The van der Waals surface area contributed by atoms with Gasteiger partial charge >= 0.3 is 6.09 Å². The molecule has 1 fully saturated rings. The second-order valence-electron chi connectivity index (χ2n) is 4.00. The SMILES string of the molecule is NC[C@H]1CN(c2ccc(SCCCl)c(F)c2)C(=O)O1. The molecule has 2 rings (SSSR count). The molecule has 0 bridgehead atoms. The van der Waals surface area contributed by atoms with Gasteiger partial charge in [-0.25, -0.2) is 9.18 Å². The number of anilines is 1. The van der Waals surface area contributed by atoms with Crippen LogP contribution in [0, 0.1) is 5.82 Å². The van der Waals surface area contributed by atoms with Crippen LogP contribution >= 0.6 is 23.4 Å². The molecule has 0 radical (unpaired) electrons. The van der Waals surface area contributed by atoms with Crippen LogP contribution in [0.15, 0.2) is 23.1 Å². The van der Waals surface area contributed by atoms with Crippen molar-refractivity contribution in [2.24, 2.45) is 5.73 Å². The van der Waals surface area contributed by atoms with Crippen molar-refractivity contribution in [1.82, 2.24) is 0 Å². The number of nitrogens with zero attached hydrogens (tertiary/aromatic N) is 1. The number of amides is 1. The van der Waals surface area contributed by atoms with Gasteiger partial charge in [0.1, 0.15) is 11.9 Å². The van der Waals surface area contributed by atoms with E-state index in [1.165, 1.54) is 22.7 Å². The Hall–Kier alpha value is -0.980. The molecule has 4 nitrogen and oxygen atoms in total. The Morgan fingerprint density at radius 3 is 2.95 bits per heavy atom. The maximum atomic E-state index is 13.9. The molecule has 2 N–H and O–H groups in total. The van der Waals surface area contributed by atoms with Crippen molar-refractivity contribution in [3.63, 3.8) is 0 Å². The standard InChI is InChI=1S/C12H14ClFN2O2S/c13-3-4-19-11-2-1-8(5-10(11)14)16-7-9(6-15)18-12(16)17/h1-2,5,9H,3-4,6-7,15H2/t9-/m0/s1. The number of ether oxygens (including phenoxy) is 1. The second-order valence-corrected chi connectivity index (χ2v) is 5.52. The van der Waals surface area contributed by atoms with E-state index in [4.69, 9.17) is 22.1 Å². The van der Waals surface area contributed by atoms with Crippen molar-refractivity contribution in [3.8, 4) is 0 Å². The minimum absolute atomic E-state index is 0.258. The average molecular weight is 305 g/mol. The molecule has 0 spiro atoms. The normalized spacial score (nSPS) is 18.8. The molecule has 0 aliphatic carbocycles. The Kier molecular flexibility index (Phi) is 4.90. The van der Waals surface area contributed by atoms with Crippen LogP contribution in [0.3, 0.4) is 0 Å². The number of benzene rings is 1. The van der Waals surface area contributed by atoms with Gasteiger partial charge < -0.3 is 10.5 Å². The lowest BCUT2D eigenvalue weighted by Gasteiger charge is -2.14. The highest BCUT2D eigenvalue weighted by molar-refractivity contribution is 7.99. The molecule has 1 saturated heterocycles. The average Bonchev–Trinajstić information content (AvgIpc) is 2.78. The van der Waals surface area contributed by atoms with Gasteiger partial charge in [0, 0.05) is 23.1 Å². The molecule has 1 amide bonds. The summed E-state index contributed by atoms with van der Waals surface area (Å²) < 4.78 is 18.9. The van der Waals surface area contributed by atoms with Crippen LogP contribution in [-0.2, 0) is 4.74 Å². The molecule has 1 aliphatic rings. The van der Waals surface area contributed by atoms with Crippen molar-refractivity contribution in [1.29, 1.82) is 0 Å². The number of nitrogens with two attached hydrogens (primary N) is 1. The topological polar surface area (TPSA) is 55.6 Å².